The van der Waals surface area contributed by atoms with Gasteiger partial charge in [-0.25, -0.2) is 8.78 Å². The Morgan fingerprint density at radius 2 is 2.00 bits per heavy atom. The summed E-state index contributed by atoms with van der Waals surface area (Å²) in [6.07, 6.45) is 0. The second-order valence-corrected chi connectivity index (χ2v) is 2.57. The highest BCUT2D eigenvalue weighted by atomic mass is 19.1. The number of ether oxygens (including phenoxy) is 1. The van der Waals surface area contributed by atoms with E-state index in [-0.39, 0.29) is 11.6 Å². The second kappa shape index (κ2) is 3.52. The molecule has 0 N–H and O–H groups in total. The van der Waals surface area contributed by atoms with Crippen LogP contribution in [0.15, 0.2) is 12.1 Å². The molecule has 0 radical (unpaired) electrons. The van der Waals surface area contributed by atoms with Crippen molar-refractivity contribution in [2.75, 3.05) is 6.86 Å². The molecule has 1 aromatic rings. The molecule has 1 nitrogen and oxygen atoms in total. The molecular weight excluding hydrogens is 162 g/mol. The first kappa shape index (κ1) is 8.97. The molecular formula is C9H10F2O. The van der Waals surface area contributed by atoms with Crippen LogP contribution in [-0.4, -0.2) is 6.86 Å². The summed E-state index contributed by atoms with van der Waals surface area (Å²) in [6.45, 7) is 2.29. The third kappa shape index (κ3) is 1.55. The van der Waals surface area contributed by atoms with Gasteiger partial charge in [-0.3, -0.25) is 0 Å². The topological polar surface area (TPSA) is 9.23 Å². The minimum Gasteiger partial charge on any atom is -0.463 e. The Balaban J connectivity index is 3.08. The molecule has 1 aromatic carbocycles. The van der Waals surface area contributed by atoms with E-state index >= 15 is 0 Å². The molecule has 0 unspecified atom stereocenters. The predicted octanol–water partition coefficient (Wildman–Crippen LogP) is 2.75. The minimum atomic E-state index is -0.927. The average molecular weight is 172 g/mol. The summed E-state index contributed by atoms with van der Waals surface area (Å²) in [5.41, 5.74) is 0.895. The van der Waals surface area contributed by atoms with Gasteiger partial charge >= 0.3 is 0 Å². The zero-order valence-corrected chi connectivity index (χ0v) is 7.03. The van der Waals surface area contributed by atoms with Crippen LogP contribution >= 0.6 is 0 Å². The van der Waals surface area contributed by atoms with Crippen molar-refractivity contribution in [2.45, 2.75) is 13.8 Å². The maximum Gasteiger partial charge on any atom is 0.228 e. The first-order chi connectivity index (χ1) is 5.66. The van der Waals surface area contributed by atoms with Crippen LogP contribution in [0.3, 0.4) is 0 Å². The summed E-state index contributed by atoms with van der Waals surface area (Å²) in [6, 6.07) is 3.13. The zero-order valence-electron chi connectivity index (χ0n) is 7.03. The van der Waals surface area contributed by atoms with Crippen LogP contribution in [0.4, 0.5) is 8.78 Å². The Morgan fingerprint density at radius 1 is 1.33 bits per heavy atom. The molecule has 0 saturated heterocycles. The standard InChI is InChI=1S/C9H10F2O/c1-6-3-4-8(12-5-10)7(2)9(6)11/h3-4H,5H2,1-2H3. The average Bonchev–Trinajstić information content (AvgIpc) is 2.07. The maximum absolute atomic E-state index is 13.1. The predicted molar refractivity (Wildman–Crippen MR) is 42.5 cm³/mol. The van der Waals surface area contributed by atoms with Gasteiger partial charge in [-0.2, -0.15) is 0 Å². The third-order valence-electron chi connectivity index (χ3n) is 1.74. The summed E-state index contributed by atoms with van der Waals surface area (Å²) in [7, 11) is 0. The number of hydrogen-bond donors (Lipinski definition) is 0. The van der Waals surface area contributed by atoms with E-state index in [4.69, 9.17) is 0 Å². The molecule has 0 aromatic heterocycles. The number of alkyl halides is 1. The summed E-state index contributed by atoms with van der Waals surface area (Å²) in [5, 5.41) is 0. The molecule has 0 atom stereocenters. The molecule has 3 heteroatoms. The van der Waals surface area contributed by atoms with E-state index in [1.165, 1.54) is 0 Å². The van der Waals surface area contributed by atoms with Crippen LogP contribution in [0.1, 0.15) is 11.1 Å². The maximum atomic E-state index is 13.1. The molecule has 66 valence electrons. The Morgan fingerprint density at radius 3 is 2.58 bits per heavy atom. The van der Waals surface area contributed by atoms with Gasteiger partial charge in [0.1, 0.15) is 11.6 Å². The summed E-state index contributed by atoms with van der Waals surface area (Å²) in [5.74, 6) is -0.0680. The summed E-state index contributed by atoms with van der Waals surface area (Å²) < 4.78 is 29.4. The van der Waals surface area contributed by atoms with Crippen LogP contribution in [-0.2, 0) is 0 Å². The van der Waals surface area contributed by atoms with Crippen molar-refractivity contribution in [1.29, 1.82) is 0 Å². The van der Waals surface area contributed by atoms with Gasteiger partial charge in [0.05, 0.1) is 0 Å². The van der Waals surface area contributed by atoms with Gasteiger partial charge in [0.15, 0.2) is 0 Å². The van der Waals surface area contributed by atoms with Crippen LogP contribution < -0.4 is 4.74 Å². The summed E-state index contributed by atoms with van der Waals surface area (Å²) in [4.78, 5) is 0. The van der Waals surface area contributed by atoms with Crippen LogP contribution in [0.2, 0.25) is 0 Å². The fourth-order valence-electron chi connectivity index (χ4n) is 1.02. The van der Waals surface area contributed by atoms with Crippen molar-refractivity contribution in [2.24, 2.45) is 0 Å². The fraction of sp³-hybridized carbons (Fsp3) is 0.333. The molecule has 0 spiro atoms. The van der Waals surface area contributed by atoms with Gasteiger partial charge < -0.3 is 4.74 Å². The molecule has 0 saturated carbocycles. The van der Waals surface area contributed by atoms with Gasteiger partial charge in [-0.05, 0) is 25.5 Å². The van der Waals surface area contributed by atoms with Crippen LogP contribution in [0.5, 0.6) is 5.75 Å². The normalized spacial score (nSPS) is 10.0. The Kier molecular flexibility index (Phi) is 2.63. The molecule has 0 amide bonds. The molecule has 0 heterocycles. The van der Waals surface area contributed by atoms with E-state index < -0.39 is 6.86 Å². The highest BCUT2D eigenvalue weighted by Gasteiger charge is 2.06. The highest BCUT2D eigenvalue weighted by Crippen LogP contribution is 2.22. The number of benzene rings is 1. The van der Waals surface area contributed by atoms with E-state index in [1.54, 1.807) is 26.0 Å². The van der Waals surface area contributed by atoms with Crippen molar-refractivity contribution in [3.05, 3.63) is 29.1 Å². The third-order valence-corrected chi connectivity index (χ3v) is 1.74. The summed E-state index contributed by atoms with van der Waals surface area (Å²) >= 11 is 0. The van der Waals surface area contributed by atoms with Gasteiger partial charge in [-0.1, -0.05) is 6.07 Å². The van der Waals surface area contributed by atoms with Crippen molar-refractivity contribution in [3.8, 4) is 5.75 Å². The molecule has 0 aliphatic carbocycles. The molecule has 0 aliphatic heterocycles. The minimum absolute atomic E-state index is 0.264. The molecule has 0 aliphatic rings. The zero-order chi connectivity index (χ0) is 9.14. The molecule has 1 rings (SSSR count). The Bertz CT molecular complexity index is 284. The van der Waals surface area contributed by atoms with Crippen molar-refractivity contribution >= 4 is 0 Å². The van der Waals surface area contributed by atoms with E-state index in [0.717, 1.165) is 0 Å². The lowest BCUT2D eigenvalue weighted by Crippen LogP contribution is -1.96. The largest absolute Gasteiger partial charge is 0.463 e. The SMILES string of the molecule is Cc1ccc(OCF)c(C)c1F. The lowest BCUT2D eigenvalue weighted by Gasteiger charge is -2.07. The number of rotatable bonds is 2. The van der Waals surface area contributed by atoms with Crippen LogP contribution in [0.25, 0.3) is 0 Å². The van der Waals surface area contributed by atoms with Crippen molar-refractivity contribution in [1.82, 2.24) is 0 Å². The molecule has 0 bridgehead atoms. The Labute approximate surface area is 70.0 Å². The molecule has 12 heavy (non-hydrogen) atoms. The van der Waals surface area contributed by atoms with Gasteiger partial charge in [-0.15, -0.1) is 0 Å². The number of halogens is 2. The lowest BCUT2D eigenvalue weighted by molar-refractivity contribution is 0.190. The van der Waals surface area contributed by atoms with Crippen molar-refractivity contribution < 1.29 is 13.5 Å². The van der Waals surface area contributed by atoms with E-state index in [0.29, 0.717) is 11.1 Å². The van der Waals surface area contributed by atoms with Gasteiger partial charge in [0.25, 0.3) is 0 Å². The first-order valence-corrected chi connectivity index (χ1v) is 3.61. The van der Waals surface area contributed by atoms with Crippen molar-refractivity contribution in [3.63, 3.8) is 0 Å². The Hall–Kier alpha value is -1.12. The smallest absolute Gasteiger partial charge is 0.228 e. The monoisotopic (exact) mass is 172 g/mol. The van der Waals surface area contributed by atoms with Gasteiger partial charge in [0.2, 0.25) is 6.86 Å². The highest BCUT2D eigenvalue weighted by molar-refractivity contribution is 5.37. The quantitative estimate of drug-likeness (QED) is 0.666. The first-order valence-electron chi connectivity index (χ1n) is 3.61. The van der Waals surface area contributed by atoms with Crippen LogP contribution in [0, 0.1) is 19.7 Å². The number of aryl methyl sites for hydroxylation is 1. The lowest BCUT2D eigenvalue weighted by atomic mass is 10.1. The fourth-order valence-corrected chi connectivity index (χ4v) is 1.02. The van der Waals surface area contributed by atoms with E-state index in [1.807, 2.05) is 0 Å². The number of hydrogen-bond acceptors (Lipinski definition) is 1. The second-order valence-electron chi connectivity index (χ2n) is 2.57. The van der Waals surface area contributed by atoms with E-state index in [9.17, 15) is 8.78 Å². The van der Waals surface area contributed by atoms with Gasteiger partial charge in [0, 0.05) is 5.56 Å². The van der Waals surface area contributed by atoms with E-state index in [2.05, 4.69) is 4.74 Å². The molecule has 0 fully saturated rings.